The van der Waals surface area contributed by atoms with E-state index in [4.69, 9.17) is 11.6 Å². The van der Waals surface area contributed by atoms with Crippen molar-refractivity contribution in [2.75, 3.05) is 7.05 Å². The van der Waals surface area contributed by atoms with E-state index in [-0.39, 0.29) is 6.04 Å². The van der Waals surface area contributed by atoms with Gasteiger partial charge in [0.2, 0.25) is 0 Å². The van der Waals surface area contributed by atoms with Gasteiger partial charge < -0.3 is 5.32 Å². The van der Waals surface area contributed by atoms with E-state index in [2.05, 4.69) is 57.0 Å². The minimum Gasteiger partial charge on any atom is -0.313 e. The van der Waals surface area contributed by atoms with Crippen LogP contribution in [0.1, 0.15) is 17.2 Å². The molecule has 0 radical (unpaired) electrons. The Hall–Kier alpha value is -0.870. The molecule has 3 aromatic rings. The van der Waals surface area contributed by atoms with Crippen molar-refractivity contribution in [3.63, 3.8) is 0 Å². The van der Waals surface area contributed by atoms with Crippen molar-refractivity contribution in [3.05, 3.63) is 68.5 Å². The molecule has 0 aliphatic carbocycles. The number of hydrogen-bond acceptors (Lipinski definition) is 2. The molecule has 0 spiro atoms. The summed E-state index contributed by atoms with van der Waals surface area (Å²) in [6.45, 7) is 0. The largest absolute Gasteiger partial charge is 0.313 e. The lowest BCUT2D eigenvalue weighted by atomic mass is 9.98. The third kappa shape index (κ3) is 3.16. The maximum atomic E-state index is 6.39. The zero-order chi connectivity index (χ0) is 14.8. The van der Waals surface area contributed by atoms with Crippen molar-refractivity contribution in [2.24, 2.45) is 0 Å². The molecule has 1 unspecified atom stereocenters. The van der Waals surface area contributed by atoms with E-state index >= 15 is 0 Å². The Balaban J connectivity index is 1.94. The molecule has 3 rings (SSSR count). The Kier molecular flexibility index (Phi) is 4.65. The van der Waals surface area contributed by atoms with Gasteiger partial charge in [0.1, 0.15) is 0 Å². The maximum Gasteiger partial charge on any atom is 0.0465 e. The van der Waals surface area contributed by atoms with Gasteiger partial charge in [0.15, 0.2) is 0 Å². The third-order valence-corrected chi connectivity index (χ3v) is 5.50. The number of hydrogen-bond donors (Lipinski definition) is 1. The summed E-state index contributed by atoms with van der Waals surface area (Å²) in [6.07, 6.45) is 0.932. The van der Waals surface area contributed by atoms with Crippen LogP contribution in [0.25, 0.3) is 10.1 Å². The molecule has 4 heteroatoms. The molecular weight excluding hydrogens is 366 g/mol. The van der Waals surface area contributed by atoms with Crippen molar-refractivity contribution in [3.8, 4) is 0 Å². The van der Waals surface area contributed by atoms with Crippen LogP contribution in [0.4, 0.5) is 0 Å². The van der Waals surface area contributed by atoms with Crippen molar-refractivity contribution in [1.82, 2.24) is 5.32 Å². The summed E-state index contributed by atoms with van der Waals surface area (Å²) in [6, 6.07) is 14.8. The summed E-state index contributed by atoms with van der Waals surface area (Å²) in [4.78, 5) is 0. The van der Waals surface area contributed by atoms with Crippen molar-refractivity contribution < 1.29 is 0 Å². The molecule has 1 heterocycles. The second-order valence-electron chi connectivity index (χ2n) is 4.97. The van der Waals surface area contributed by atoms with E-state index in [0.717, 1.165) is 21.5 Å². The van der Waals surface area contributed by atoms with Crippen LogP contribution in [0.2, 0.25) is 5.02 Å². The Bertz CT molecular complexity index is 768. The first kappa shape index (κ1) is 15.0. The number of benzene rings is 2. The highest BCUT2D eigenvalue weighted by Gasteiger charge is 2.16. The number of rotatable bonds is 4. The van der Waals surface area contributed by atoms with Crippen molar-refractivity contribution in [2.45, 2.75) is 12.5 Å². The molecule has 1 nitrogen and oxygen atoms in total. The lowest BCUT2D eigenvalue weighted by molar-refractivity contribution is 0.595. The first-order valence-electron chi connectivity index (χ1n) is 6.76. The second-order valence-corrected chi connectivity index (χ2v) is 7.20. The monoisotopic (exact) mass is 379 g/mol. The smallest absolute Gasteiger partial charge is 0.0465 e. The minimum atomic E-state index is 0.212. The van der Waals surface area contributed by atoms with E-state index in [1.54, 1.807) is 11.3 Å². The van der Waals surface area contributed by atoms with Gasteiger partial charge in [-0.1, -0.05) is 51.8 Å². The Morgan fingerprint density at radius 3 is 2.81 bits per heavy atom. The first-order valence-corrected chi connectivity index (χ1v) is 8.81. The van der Waals surface area contributed by atoms with Gasteiger partial charge in [-0.05, 0) is 53.6 Å². The molecule has 0 saturated carbocycles. The molecule has 1 aromatic heterocycles. The highest BCUT2D eigenvalue weighted by Crippen LogP contribution is 2.32. The standard InChI is InChI=1S/C17H15BrClNS/c1-20-16(14-7-6-12(18)9-15(14)19)8-11-10-21-17-5-3-2-4-13(11)17/h2-7,9-10,16,20H,8H2,1H3. The van der Waals surface area contributed by atoms with Gasteiger partial charge in [-0.15, -0.1) is 11.3 Å². The van der Waals surface area contributed by atoms with Crippen LogP contribution in [-0.2, 0) is 6.42 Å². The van der Waals surface area contributed by atoms with Crippen LogP contribution >= 0.6 is 38.9 Å². The fourth-order valence-corrected chi connectivity index (χ4v) is 4.34. The van der Waals surface area contributed by atoms with Gasteiger partial charge in [0.05, 0.1) is 0 Å². The fraction of sp³-hybridized carbons (Fsp3) is 0.176. The molecule has 2 aromatic carbocycles. The summed E-state index contributed by atoms with van der Waals surface area (Å²) in [7, 11) is 1.98. The Morgan fingerprint density at radius 1 is 1.24 bits per heavy atom. The average molecular weight is 381 g/mol. The highest BCUT2D eigenvalue weighted by atomic mass is 79.9. The predicted molar refractivity (Wildman–Crippen MR) is 96.5 cm³/mol. The van der Waals surface area contributed by atoms with Crippen LogP contribution < -0.4 is 5.32 Å². The molecule has 1 atom stereocenters. The molecule has 0 saturated heterocycles. The van der Waals surface area contributed by atoms with Crippen molar-refractivity contribution >= 4 is 49.0 Å². The summed E-state index contributed by atoms with van der Waals surface area (Å²) in [5, 5.41) is 7.78. The summed E-state index contributed by atoms with van der Waals surface area (Å²) in [5.41, 5.74) is 2.51. The Morgan fingerprint density at radius 2 is 2.05 bits per heavy atom. The SMILES string of the molecule is CNC(Cc1csc2ccccc12)c1ccc(Br)cc1Cl. The van der Waals surface area contributed by atoms with E-state index < -0.39 is 0 Å². The quantitative estimate of drug-likeness (QED) is 0.601. The predicted octanol–water partition coefficient (Wildman–Crippen LogP) is 5.82. The molecule has 0 bridgehead atoms. The highest BCUT2D eigenvalue weighted by molar-refractivity contribution is 9.10. The van der Waals surface area contributed by atoms with Crippen LogP contribution in [-0.4, -0.2) is 7.05 Å². The number of fused-ring (bicyclic) bond motifs is 1. The molecular formula is C17H15BrClNS. The fourth-order valence-electron chi connectivity index (χ4n) is 2.56. The molecule has 21 heavy (non-hydrogen) atoms. The summed E-state index contributed by atoms with van der Waals surface area (Å²) >= 11 is 11.7. The molecule has 0 aliphatic rings. The van der Waals surface area contributed by atoms with Crippen LogP contribution in [0.15, 0.2) is 52.3 Å². The van der Waals surface area contributed by atoms with Gasteiger partial charge in [-0.25, -0.2) is 0 Å². The van der Waals surface area contributed by atoms with Gasteiger partial charge >= 0.3 is 0 Å². The molecule has 108 valence electrons. The average Bonchev–Trinajstić information content (AvgIpc) is 2.89. The molecule has 0 fully saturated rings. The molecule has 1 N–H and O–H groups in total. The van der Waals surface area contributed by atoms with Crippen molar-refractivity contribution in [1.29, 1.82) is 0 Å². The van der Waals surface area contributed by atoms with Gasteiger partial charge in [0, 0.05) is 20.2 Å². The molecule has 0 amide bonds. The van der Waals surface area contributed by atoms with Gasteiger partial charge in [-0.3, -0.25) is 0 Å². The number of nitrogens with one attached hydrogen (secondary N) is 1. The lowest BCUT2D eigenvalue weighted by Crippen LogP contribution is -2.19. The normalized spacial score (nSPS) is 12.7. The summed E-state index contributed by atoms with van der Waals surface area (Å²) in [5.74, 6) is 0. The van der Waals surface area contributed by atoms with Gasteiger partial charge in [0.25, 0.3) is 0 Å². The second kappa shape index (κ2) is 6.49. The zero-order valence-corrected chi connectivity index (χ0v) is 14.7. The number of likely N-dealkylation sites (N-methyl/N-ethyl adjacent to an activating group) is 1. The topological polar surface area (TPSA) is 12.0 Å². The summed E-state index contributed by atoms with van der Waals surface area (Å²) < 4.78 is 2.34. The first-order chi connectivity index (χ1) is 10.2. The zero-order valence-electron chi connectivity index (χ0n) is 11.6. The third-order valence-electron chi connectivity index (χ3n) is 3.67. The Labute approximate surface area is 142 Å². The van der Waals surface area contributed by atoms with E-state index in [1.165, 1.54) is 15.6 Å². The van der Waals surface area contributed by atoms with Crippen LogP contribution in [0, 0.1) is 0 Å². The van der Waals surface area contributed by atoms with E-state index in [1.807, 2.05) is 19.2 Å². The van der Waals surface area contributed by atoms with Crippen LogP contribution in [0.3, 0.4) is 0 Å². The van der Waals surface area contributed by atoms with E-state index in [9.17, 15) is 0 Å². The van der Waals surface area contributed by atoms with Gasteiger partial charge in [-0.2, -0.15) is 0 Å². The maximum absolute atomic E-state index is 6.39. The number of halogens is 2. The van der Waals surface area contributed by atoms with Crippen LogP contribution in [0.5, 0.6) is 0 Å². The van der Waals surface area contributed by atoms with E-state index in [0.29, 0.717) is 0 Å². The minimum absolute atomic E-state index is 0.212. The lowest BCUT2D eigenvalue weighted by Gasteiger charge is -2.18. The number of thiophene rings is 1. The molecule has 0 aliphatic heterocycles.